The largest absolute Gasteiger partial charge is 0.493 e. The van der Waals surface area contributed by atoms with Crippen LogP contribution in [0.1, 0.15) is 30.5 Å². The highest BCUT2D eigenvalue weighted by atomic mass is 16.5. The van der Waals surface area contributed by atoms with Gasteiger partial charge in [0.15, 0.2) is 11.5 Å². The number of ether oxygens (including phenoxy) is 3. The van der Waals surface area contributed by atoms with E-state index in [0.29, 0.717) is 17.1 Å². The SMILES string of the molecule is CC=C(C(=O)OC)c1ccccc1COc1cc(/C(C)=N\Nc2ccccc2)ccc1OC. The first-order valence-electron chi connectivity index (χ1n) is 10.6. The second kappa shape index (κ2) is 11.5. The molecule has 0 spiro atoms. The highest BCUT2D eigenvalue weighted by Gasteiger charge is 2.16. The molecule has 3 aromatic carbocycles. The van der Waals surface area contributed by atoms with E-state index in [1.807, 2.05) is 86.6 Å². The van der Waals surface area contributed by atoms with Crippen LogP contribution in [0.25, 0.3) is 5.57 Å². The zero-order chi connectivity index (χ0) is 23.6. The Balaban J connectivity index is 1.83. The number of hydrazone groups is 1. The van der Waals surface area contributed by atoms with Gasteiger partial charge >= 0.3 is 5.97 Å². The molecule has 6 nitrogen and oxygen atoms in total. The summed E-state index contributed by atoms with van der Waals surface area (Å²) in [6.45, 7) is 3.98. The molecule has 0 heterocycles. The molecule has 0 saturated carbocycles. The topological polar surface area (TPSA) is 69.2 Å². The Hall–Kier alpha value is -4.06. The first-order valence-corrected chi connectivity index (χ1v) is 10.6. The quantitative estimate of drug-likeness (QED) is 0.199. The molecule has 0 aromatic heterocycles. The molecule has 3 aromatic rings. The van der Waals surface area contributed by atoms with Gasteiger partial charge in [0.25, 0.3) is 0 Å². The Bertz CT molecular complexity index is 1150. The van der Waals surface area contributed by atoms with Crippen LogP contribution in [0.4, 0.5) is 5.69 Å². The average Bonchev–Trinajstić information content (AvgIpc) is 2.87. The standard InChI is InChI=1S/C27H28N2O4/c1-5-23(27(30)32-4)24-14-10-9-11-21(24)18-33-26-17-20(15-16-25(26)31-3)19(2)28-29-22-12-7-6-8-13-22/h5-17,29H,18H2,1-4H3/b23-5?,28-19-. The molecule has 0 radical (unpaired) electrons. The number of methoxy groups -OCH3 is 2. The maximum Gasteiger partial charge on any atom is 0.338 e. The smallest absolute Gasteiger partial charge is 0.338 e. The molecule has 0 aliphatic rings. The number of hydrogen-bond acceptors (Lipinski definition) is 6. The Kier molecular flexibility index (Phi) is 8.24. The third kappa shape index (κ3) is 6.01. The van der Waals surface area contributed by atoms with Crippen LogP contribution >= 0.6 is 0 Å². The molecule has 0 aliphatic heterocycles. The maximum atomic E-state index is 12.2. The van der Waals surface area contributed by atoms with Gasteiger partial charge in [-0.05, 0) is 55.3 Å². The fourth-order valence-electron chi connectivity index (χ4n) is 3.30. The molecule has 0 amide bonds. The first-order chi connectivity index (χ1) is 16.1. The van der Waals surface area contributed by atoms with Crippen molar-refractivity contribution in [1.29, 1.82) is 0 Å². The zero-order valence-corrected chi connectivity index (χ0v) is 19.3. The Morgan fingerprint density at radius 1 is 0.970 bits per heavy atom. The summed E-state index contributed by atoms with van der Waals surface area (Å²) in [5.41, 5.74) is 7.78. The van der Waals surface area contributed by atoms with Crippen molar-refractivity contribution in [1.82, 2.24) is 0 Å². The molecule has 0 aliphatic carbocycles. The fourth-order valence-corrected chi connectivity index (χ4v) is 3.30. The lowest BCUT2D eigenvalue weighted by Gasteiger charge is -2.15. The van der Waals surface area contributed by atoms with Crippen molar-refractivity contribution in [2.75, 3.05) is 19.6 Å². The third-order valence-corrected chi connectivity index (χ3v) is 5.09. The van der Waals surface area contributed by atoms with E-state index in [9.17, 15) is 4.79 Å². The highest BCUT2D eigenvalue weighted by molar-refractivity contribution is 6.16. The first kappa shape index (κ1) is 23.6. The van der Waals surface area contributed by atoms with Crippen LogP contribution in [0.2, 0.25) is 0 Å². The molecule has 0 saturated heterocycles. The lowest BCUT2D eigenvalue weighted by molar-refractivity contribution is -0.133. The number of anilines is 1. The van der Waals surface area contributed by atoms with E-state index < -0.39 is 0 Å². The summed E-state index contributed by atoms with van der Waals surface area (Å²) in [5, 5.41) is 4.47. The van der Waals surface area contributed by atoms with Crippen molar-refractivity contribution < 1.29 is 19.0 Å². The molecule has 0 fully saturated rings. The van der Waals surface area contributed by atoms with E-state index in [2.05, 4.69) is 10.5 Å². The predicted molar refractivity (Wildman–Crippen MR) is 132 cm³/mol. The number of benzene rings is 3. The number of para-hydroxylation sites is 1. The summed E-state index contributed by atoms with van der Waals surface area (Å²) in [6, 6.07) is 23.0. The van der Waals surface area contributed by atoms with E-state index in [4.69, 9.17) is 14.2 Å². The number of esters is 1. The van der Waals surface area contributed by atoms with Crippen LogP contribution < -0.4 is 14.9 Å². The van der Waals surface area contributed by atoms with Crippen molar-refractivity contribution >= 4 is 22.9 Å². The van der Waals surface area contributed by atoms with E-state index in [1.165, 1.54) is 7.11 Å². The van der Waals surface area contributed by atoms with Crippen LogP contribution in [-0.4, -0.2) is 25.9 Å². The summed E-state index contributed by atoms with van der Waals surface area (Å²) in [4.78, 5) is 12.2. The van der Waals surface area contributed by atoms with Gasteiger partial charge in [-0.2, -0.15) is 5.10 Å². The van der Waals surface area contributed by atoms with Gasteiger partial charge in [0.2, 0.25) is 0 Å². The normalized spacial score (nSPS) is 11.6. The maximum absolute atomic E-state index is 12.2. The molecular weight excluding hydrogens is 416 g/mol. The number of nitrogens with zero attached hydrogens (tertiary/aromatic N) is 1. The van der Waals surface area contributed by atoms with Gasteiger partial charge in [-0.15, -0.1) is 0 Å². The average molecular weight is 445 g/mol. The van der Waals surface area contributed by atoms with Crippen LogP contribution in [0.5, 0.6) is 11.5 Å². The van der Waals surface area contributed by atoms with Crippen molar-refractivity contribution in [3.63, 3.8) is 0 Å². The number of rotatable bonds is 9. The van der Waals surface area contributed by atoms with Gasteiger partial charge in [-0.1, -0.05) is 48.5 Å². The fraction of sp³-hybridized carbons (Fsp3) is 0.185. The minimum Gasteiger partial charge on any atom is -0.493 e. The number of allylic oxidation sites excluding steroid dienone is 1. The second-order valence-corrected chi connectivity index (χ2v) is 7.18. The predicted octanol–water partition coefficient (Wildman–Crippen LogP) is 5.69. The van der Waals surface area contributed by atoms with E-state index in [1.54, 1.807) is 13.2 Å². The van der Waals surface area contributed by atoms with Crippen LogP contribution in [0.15, 0.2) is 84.0 Å². The molecule has 6 heteroatoms. The molecule has 0 unspecified atom stereocenters. The van der Waals surface area contributed by atoms with Gasteiger partial charge in [-0.3, -0.25) is 5.43 Å². The van der Waals surface area contributed by atoms with E-state index in [-0.39, 0.29) is 12.6 Å². The molecule has 33 heavy (non-hydrogen) atoms. The number of carbonyl (C=O) groups is 1. The minimum atomic E-state index is -0.387. The summed E-state index contributed by atoms with van der Waals surface area (Å²) in [5.74, 6) is 0.806. The second-order valence-electron chi connectivity index (χ2n) is 7.18. The van der Waals surface area contributed by atoms with Gasteiger partial charge in [0.05, 0.1) is 31.2 Å². The van der Waals surface area contributed by atoms with Crippen molar-refractivity contribution in [3.05, 3.63) is 95.6 Å². The summed E-state index contributed by atoms with van der Waals surface area (Å²) >= 11 is 0. The molecule has 0 bridgehead atoms. The number of nitrogens with one attached hydrogen (secondary N) is 1. The van der Waals surface area contributed by atoms with Gasteiger partial charge in [-0.25, -0.2) is 4.79 Å². The van der Waals surface area contributed by atoms with Crippen LogP contribution in [-0.2, 0) is 16.1 Å². The Morgan fingerprint density at radius 3 is 2.39 bits per heavy atom. The number of hydrogen-bond donors (Lipinski definition) is 1. The van der Waals surface area contributed by atoms with Crippen molar-refractivity contribution in [3.8, 4) is 11.5 Å². The van der Waals surface area contributed by atoms with Crippen LogP contribution in [0, 0.1) is 0 Å². The van der Waals surface area contributed by atoms with Gasteiger partial charge in [0.1, 0.15) is 6.61 Å². The molecular formula is C27H28N2O4. The zero-order valence-electron chi connectivity index (χ0n) is 19.3. The Morgan fingerprint density at radius 2 is 1.70 bits per heavy atom. The van der Waals surface area contributed by atoms with Crippen molar-refractivity contribution in [2.24, 2.45) is 5.10 Å². The van der Waals surface area contributed by atoms with Crippen LogP contribution in [0.3, 0.4) is 0 Å². The summed E-state index contributed by atoms with van der Waals surface area (Å²) in [7, 11) is 2.97. The molecule has 0 atom stereocenters. The highest BCUT2D eigenvalue weighted by Crippen LogP contribution is 2.30. The monoisotopic (exact) mass is 444 g/mol. The minimum absolute atomic E-state index is 0.253. The van der Waals surface area contributed by atoms with E-state index in [0.717, 1.165) is 28.1 Å². The third-order valence-electron chi connectivity index (χ3n) is 5.09. The number of carbonyl (C=O) groups excluding carboxylic acids is 1. The van der Waals surface area contributed by atoms with Gasteiger partial charge in [0, 0.05) is 5.56 Å². The lowest BCUT2D eigenvalue weighted by Crippen LogP contribution is -2.08. The Labute approximate surface area is 194 Å². The van der Waals surface area contributed by atoms with E-state index >= 15 is 0 Å². The van der Waals surface area contributed by atoms with Gasteiger partial charge < -0.3 is 14.2 Å². The summed E-state index contributed by atoms with van der Waals surface area (Å²) in [6.07, 6.45) is 1.74. The molecule has 3 rings (SSSR count). The van der Waals surface area contributed by atoms with Crippen molar-refractivity contribution in [2.45, 2.75) is 20.5 Å². The lowest BCUT2D eigenvalue weighted by atomic mass is 10.00. The molecule has 1 N–H and O–H groups in total. The molecule has 170 valence electrons. The summed E-state index contributed by atoms with van der Waals surface area (Å²) < 4.78 is 16.5.